The number of H-pyrrole nitrogens is 1. The molecular formula is C21H19BrN2O3. The van der Waals surface area contributed by atoms with Crippen LogP contribution in [0, 0.1) is 0 Å². The summed E-state index contributed by atoms with van der Waals surface area (Å²) in [5.74, 6) is -0.575. The molecule has 1 aliphatic heterocycles. The van der Waals surface area contributed by atoms with Gasteiger partial charge in [0.25, 0.3) is 0 Å². The van der Waals surface area contributed by atoms with Crippen LogP contribution in [0.5, 0.6) is 0 Å². The van der Waals surface area contributed by atoms with Gasteiger partial charge in [-0.3, -0.25) is 4.79 Å². The van der Waals surface area contributed by atoms with E-state index in [-0.39, 0.29) is 5.91 Å². The first kappa shape index (κ1) is 17.8. The fourth-order valence-electron chi connectivity index (χ4n) is 4.02. The number of nitrogens with one attached hydrogen (secondary N) is 1. The van der Waals surface area contributed by atoms with Crippen molar-refractivity contribution in [3.8, 4) is 0 Å². The topological polar surface area (TPSA) is 62.4 Å². The quantitative estimate of drug-likeness (QED) is 0.630. The predicted octanol–water partition coefficient (Wildman–Crippen LogP) is 3.97. The molecule has 2 heterocycles. The number of amides is 1. The first-order valence-corrected chi connectivity index (χ1v) is 9.53. The Hall–Kier alpha value is -2.60. The summed E-state index contributed by atoms with van der Waals surface area (Å²) in [6.07, 6.45) is 0.423. The van der Waals surface area contributed by atoms with Crippen molar-refractivity contribution in [1.82, 2.24) is 9.88 Å². The lowest BCUT2D eigenvalue weighted by molar-refractivity contribution is -0.154. The standard InChI is InChI=1S/C21H19BrN2O3/c1-12(25)24-18(21(26)27-2)11-15-13-7-4-6-10-17(13)23-19(15)20(24)14-8-3-5-9-16(14)22/h3-10,18,20,23H,11H2,1-2H3/t18-,20-/m0/s1. The number of halogens is 1. The highest BCUT2D eigenvalue weighted by molar-refractivity contribution is 9.10. The fraction of sp³-hybridized carbons (Fsp3) is 0.238. The van der Waals surface area contributed by atoms with Crippen LogP contribution in [0.25, 0.3) is 10.9 Å². The number of methoxy groups -OCH3 is 1. The van der Waals surface area contributed by atoms with Gasteiger partial charge in [-0.2, -0.15) is 0 Å². The van der Waals surface area contributed by atoms with Gasteiger partial charge in [0.2, 0.25) is 5.91 Å². The molecule has 27 heavy (non-hydrogen) atoms. The van der Waals surface area contributed by atoms with Crippen molar-refractivity contribution >= 4 is 38.7 Å². The Kier molecular flexibility index (Phi) is 4.52. The highest BCUT2D eigenvalue weighted by Crippen LogP contribution is 2.43. The summed E-state index contributed by atoms with van der Waals surface area (Å²) in [7, 11) is 1.36. The Balaban J connectivity index is 2.01. The van der Waals surface area contributed by atoms with E-state index in [9.17, 15) is 9.59 Å². The van der Waals surface area contributed by atoms with Crippen molar-refractivity contribution in [2.75, 3.05) is 7.11 Å². The van der Waals surface area contributed by atoms with Crippen LogP contribution in [0.2, 0.25) is 0 Å². The molecule has 5 nitrogen and oxygen atoms in total. The number of aromatic nitrogens is 1. The zero-order valence-electron chi connectivity index (χ0n) is 15.0. The highest BCUT2D eigenvalue weighted by Gasteiger charge is 2.43. The number of para-hydroxylation sites is 1. The molecule has 4 rings (SSSR count). The van der Waals surface area contributed by atoms with E-state index in [1.807, 2.05) is 48.5 Å². The zero-order valence-corrected chi connectivity index (χ0v) is 16.6. The van der Waals surface area contributed by atoms with E-state index in [2.05, 4.69) is 20.9 Å². The third-order valence-electron chi connectivity index (χ3n) is 5.17. The van der Waals surface area contributed by atoms with E-state index in [0.29, 0.717) is 6.42 Å². The van der Waals surface area contributed by atoms with Crippen molar-refractivity contribution < 1.29 is 14.3 Å². The minimum Gasteiger partial charge on any atom is -0.467 e. The number of nitrogens with zero attached hydrogens (tertiary/aromatic N) is 1. The number of aromatic amines is 1. The lowest BCUT2D eigenvalue weighted by Crippen LogP contribution is -2.51. The van der Waals surface area contributed by atoms with Crippen molar-refractivity contribution in [3.63, 3.8) is 0 Å². The van der Waals surface area contributed by atoms with Gasteiger partial charge >= 0.3 is 5.97 Å². The van der Waals surface area contributed by atoms with Crippen molar-refractivity contribution in [3.05, 3.63) is 69.8 Å². The molecule has 0 unspecified atom stereocenters. The van der Waals surface area contributed by atoms with Gasteiger partial charge in [-0.25, -0.2) is 4.79 Å². The van der Waals surface area contributed by atoms with Crippen LogP contribution >= 0.6 is 15.9 Å². The number of carbonyl (C=O) groups is 2. The van der Waals surface area contributed by atoms with Gasteiger partial charge in [0.15, 0.2) is 0 Å². The summed E-state index contributed by atoms with van der Waals surface area (Å²) in [4.78, 5) is 30.3. The molecule has 2 atom stereocenters. The number of ether oxygens (including phenoxy) is 1. The molecule has 1 aromatic heterocycles. The SMILES string of the molecule is COC(=O)[C@@H]1Cc2c([nH]c3ccccc23)[C@H](c2ccccc2Br)N1C(C)=O. The van der Waals surface area contributed by atoms with Crippen LogP contribution < -0.4 is 0 Å². The molecule has 0 saturated carbocycles. The molecule has 2 aromatic carbocycles. The normalized spacial score (nSPS) is 19.0. The summed E-state index contributed by atoms with van der Waals surface area (Å²) in [5.41, 5.74) is 3.92. The Labute approximate surface area is 165 Å². The molecular weight excluding hydrogens is 408 g/mol. The Morgan fingerprint density at radius 3 is 2.56 bits per heavy atom. The van der Waals surface area contributed by atoms with Gasteiger partial charge in [0.1, 0.15) is 6.04 Å². The third kappa shape index (κ3) is 2.84. The molecule has 6 heteroatoms. The smallest absolute Gasteiger partial charge is 0.328 e. The monoisotopic (exact) mass is 426 g/mol. The van der Waals surface area contributed by atoms with E-state index in [4.69, 9.17) is 4.74 Å². The lowest BCUT2D eigenvalue weighted by atomic mass is 9.88. The molecule has 1 amide bonds. The first-order chi connectivity index (χ1) is 13.0. The number of rotatable bonds is 2. The largest absolute Gasteiger partial charge is 0.467 e. The highest BCUT2D eigenvalue weighted by atomic mass is 79.9. The molecule has 0 bridgehead atoms. The number of carbonyl (C=O) groups excluding carboxylic acids is 2. The molecule has 138 valence electrons. The molecule has 1 aliphatic rings. The van der Waals surface area contributed by atoms with Crippen LogP contribution in [-0.2, 0) is 20.7 Å². The molecule has 3 aromatic rings. The fourth-order valence-corrected chi connectivity index (χ4v) is 4.52. The van der Waals surface area contributed by atoms with Crippen LogP contribution in [0.4, 0.5) is 0 Å². The molecule has 0 saturated heterocycles. The minimum atomic E-state index is -0.670. The van der Waals surface area contributed by atoms with E-state index < -0.39 is 18.1 Å². The summed E-state index contributed by atoms with van der Waals surface area (Å²) in [6.45, 7) is 1.49. The van der Waals surface area contributed by atoms with Gasteiger partial charge in [0.05, 0.1) is 13.2 Å². The predicted molar refractivity (Wildman–Crippen MR) is 106 cm³/mol. The average Bonchev–Trinajstić information content (AvgIpc) is 3.05. The van der Waals surface area contributed by atoms with Gasteiger partial charge < -0.3 is 14.6 Å². The summed E-state index contributed by atoms with van der Waals surface area (Å²) >= 11 is 3.61. The number of hydrogen-bond donors (Lipinski definition) is 1. The summed E-state index contributed by atoms with van der Waals surface area (Å²) < 4.78 is 5.92. The van der Waals surface area contributed by atoms with Crippen molar-refractivity contribution in [1.29, 1.82) is 0 Å². The maximum absolute atomic E-state index is 12.6. The van der Waals surface area contributed by atoms with Gasteiger partial charge in [0, 0.05) is 34.4 Å². The lowest BCUT2D eigenvalue weighted by Gasteiger charge is -2.40. The maximum Gasteiger partial charge on any atom is 0.328 e. The van der Waals surface area contributed by atoms with Gasteiger partial charge in [-0.15, -0.1) is 0 Å². The van der Waals surface area contributed by atoms with Crippen LogP contribution in [0.3, 0.4) is 0 Å². The maximum atomic E-state index is 12.6. The van der Waals surface area contributed by atoms with Gasteiger partial charge in [-0.1, -0.05) is 52.3 Å². The number of esters is 1. The van der Waals surface area contributed by atoms with E-state index in [1.165, 1.54) is 14.0 Å². The molecule has 0 aliphatic carbocycles. The van der Waals surface area contributed by atoms with Crippen molar-refractivity contribution in [2.45, 2.75) is 25.4 Å². The molecule has 1 N–H and O–H groups in total. The van der Waals surface area contributed by atoms with Crippen LogP contribution in [-0.4, -0.2) is 34.9 Å². The second kappa shape index (κ2) is 6.85. The Morgan fingerprint density at radius 1 is 1.15 bits per heavy atom. The zero-order chi connectivity index (χ0) is 19.1. The molecule has 0 fully saturated rings. The van der Waals surface area contributed by atoms with Gasteiger partial charge in [-0.05, 0) is 23.3 Å². The Bertz CT molecular complexity index is 1040. The second-order valence-electron chi connectivity index (χ2n) is 6.66. The number of benzene rings is 2. The van der Waals surface area contributed by atoms with Crippen molar-refractivity contribution in [2.24, 2.45) is 0 Å². The Morgan fingerprint density at radius 2 is 1.85 bits per heavy atom. The van der Waals surface area contributed by atoms with E-state index in [1.54, 1.807) is 4.90 Å². The molecule has 0 radical (unpaired) electrons. The molecule has 0 spiro atoms. The number of fused-ring (bicyclic) bond motifs is 3. The van der Waals surface area contributed by atoms with Crippen LogP contribution in [0.15, 0.2) is 53.0 Å². The van der Waals surface area contributed by atoms with Crippen LogP contribution in [0.1, 0.15) is 29.8 Å². The second-order valence-corrected chi connectivity index (χ2v) is 7.51. The van der Waals surface area contributed by atoms with E-state index in [0.717, 1.165) is 32.2 Å². The third-order valence-corrected chi connectivity index (χ3v) is 5.89. The van der Waals surface area contributed by atoms with E-state index >= 15 is 0 Å². The first-order valence-electron chi connectivity index (χ1n) is 8.73. The number of hydrogen-bond acceptors (Lipinski definition) is 3. The average molecular weight is 427 g/mol. The minimum absolute atomic E-state index is 0.171. The summed E-state index contributed by atoms with van der Waals surface area (Å²) in [5, 5.41) is 1.07. The summed E-state index contributed by atoms with van der Waals surface area (Å²) in [6, 6.07) is 14.7.